The third-order valence-electron chi connectivity index (χ3n) is 5.98. The summed E-state index contributed by atoms with van der Waals surface area (Å²) in [6, 6.07) is 17.1. The molecule has 2 aromatic carbocycles. The number of amides is 3. The maximum atomic E-state index is 13.4. The maximum Gasteiger partial charge on any atom is 0.329 e. The molecule has 0 saturated carbocycles. The van der Waals surface area contributed by atoms with Gasteiger partial charge in [-0.2, -0.15) is 0 Å². The molecule has 2 heterocycles. The number of carbonyl (C=O) groups excluding carboxylic acids is 2. The Labute approximate surface area is 176 Å². The van der Waals surface area contributed by atoms with E-state index in [9.17, 15) is 9.59 Å². The van der Waals surface area contributed by atoms with Crippen molar-refractivity contribution in [1.29, 1.82) is 0 Å². The van der Waals surface area contributed by atoms with Crippen LogP contribution in [0.1, 0.15) is 37.2 Å². The van der Waals surface area contributed by atoms with Crippen molar-refractivity contribution < 1.29 is 18.9 Å². The van der Waals surface area contributed by atoms with Crippen LogP contribution in [-0.4, -0.2) is 30.6 Å². The van der Waals surface area contributed by atoms with E-state index in [1.54, 1.807) is 0 Å². The molecule has 4 rings (SSSR count). The van der Waals surface area contributed by atoms with Crippen molar-refractivity contribution in [2.45, 2.75) is 38.8 Å². The predicted octanol–water partition coefficient (Wildman–Crippen LogP) is 2.82. The molecule has 1 aliphatic rings. The van der Waals surface area contributed by atoms with Crippen LogP contribution < -0.4 is 10.2 Å². The van der Waals surface area contributed by atoms with E-state index in [0.29, 0.717) is 19.6 Å². The molecule has 2 atom stereocenters. The molecule has 30 heavy (non-hydrogen) atoms. The molecule has 6 nitrogen and oxygen atoms in total. The highest BCUT2D eigenvalue weighted by molar-refractivity contribution is 6.07. The maximum absolute atomic E-state index is 13.4. The van der Waals surface area contributed by atoms with Gasteiger partial charge in [-0.05, 0) is 18.1 Å². The molecule has 0 radical (unpaired) electrons. The van der Waals surface area contributed by atoms with E-state index < -0.39 is 5.54 Å². The molecule has 1 aromatic heterocycles. The minimum atomic E-state index is -0.991. The Hall–Kier alpha value is -3.12. The minimum absolute atomic E-state index is 0.187. The number of nitrogens with zero attached hydrogens (tertiary/aromatic N) is 1. The van der Waals surface area contributed by atoms with Crippen LogP contribution in [0.4, 0.5) is 4.79 Å². The zero-order valence-electron chi connectivity index (χ0n) is 17.7. The van der Waals surface area contributed by atoms with Crippen LogP contribution in [0.3, 0.4) is 0 Å². The van der Waals surface area contributed by atoms with Crippen LogP contribution >= 0.6 is 0 Å². The summed E-state index contributed by atoms with van der Waals surface area (Å²) in [6.45, 7) is 4.96. The molecular formula is C24H28N3O3+. The SMILES string of the molecule is CCc1oc2ccccc2c1C[NH+](C)CN1C(=O)N[C@](CC)(c2ccccc2)C1=O. The van der Waals surface area contributed by atoms with Crippen molar-refractivity contribution in [3.8, 4) is 0 Å². The lowest BCUT2D eigenvalue weighted by Crippen LogP contribution is -3.09. The lowest BCUT2D eigenvalue weighted by Gasteiger charge is -2.26. The molecule has 1 fully saturated rings. The van der Waals surface area contributed by atoms with E-state index >= 15 is 0 Å². The zero-order chi connectivity index (χ0) is 21.3. The molecule has 1 saturated heterocycles. The second-order valence-corrected chi connectivity index (χ2v) is 7.93. The first kappa shape index (κ1) is 20.2. The van der Waals surface area contributed by atoms with Gasteiger partial charge in [0.15, 0.2) is 6.67 Å². The van der Waals surface area contributed by atoms with Crippen molar-refractivity contribution in [2.24, 2.45) is 0 Å². The van der Waals surface area contributed by atoms with Crippen LogP contribution in [-0.2, 0) is 23.3 Å². The molecule has 0 spiro atoms. The number of rotatable bonds is 7. The monoisotopic (exact) mass is 406 g/mol. The van der Waals surface area contributed by atoms with Crippen molar-refractivity contribution in [3.63, 3.8) is 0 Å². The van der Waals surface area contributed by atoms with E-state index in [2.05, 4.69) is 18.3 Å². The Morgan fingerprint density at radius 2 is 1.73 bits per heavy atom. The number of furan rings is 1. The number of nitrogens with one attached hydrogen (secondary N) is 2. The second kappa shape index (κ2) is 7.95. The predicted molar refractivity (Wildman–Crippen MR) is 115 cm³/mol. The third kappa shape index (κ3) is 3.27. The Bertz CT molecular complexity index is 1080. The fraction of sp³-hybridized carbons (Fsp3) is 0.333. The molecule has 0 bridgehead atoms. The summed E-state index contributed by atoms with van der Waals surface area (Å²) >= 11 is 0. The van der Waals surface area contributed by atoms with Gasteiger partial charge in [0.2, 0.25) is 0 Å². The van der Waals surface area contributed by atoms with E-state index in [0.717, 1.165) is 39.2 Å². The molecule has 1 aliphatic heterocycles. The first-order valence-electron chi connectivity index (χ1n) is 10.5. The van der Waals surface area contributed by atoms with Gasteiger partial charge in [-0.3, -0.25) is 4.79 Å². The second-order valence-electron chi connectivity index (χ2n) is 7.93. The van der Waals surface area contributed by atoms with Crippen molar-refractivity contribution in [1.82, 2.24) is 10.2 Å². The summed E-state index contributed by atoms with van der Waals surface area (Å²) in [5.74, 6) is 0.772. The first-order valence-corrected chi connectivity index (χ1v) is 10.5. The molecule has 156 valence electrons. The number of quaternary nitrogens is 1. The number of fused-ring (bicyclic) bond motifs is 1. The molecule has 6 heteroatoms. The van der Waals surface area contributed by atoms with E-state index in [1.165, 1.54) is 4.90 Å². The van der Waals surface area contributed by atoms with Gasteiger partial charge in [0.1, 0.15) is 23.4 Å². The fourth-order valence-electron chi connectivity index (χ4n) is 4.39. The Morgan fingerprint density at radius 1 is 1.03 bits per heavy atom. The number of para-hydroxylation sites is 1. The highest BCUT2D eigenvalue weighted by atomic mass is 16.3. The first-order chi connectivity index (χ1) is 14.5. The highest BCUT2D eigenvalue weighted by Gasteiger charge is 2.52. The smallest absolute Gasteiger partial charge is 0.329 e. The van der Waals surface area contributed by atoms with E-state index in [1.807, 2.05) is 62.5 Å². The van der Waals surface area contributed by atoms with Crippen molar-refractivity contribution in [2.75, 3.05) is 13.7 Å². The van der Waals surface area contributed by atoms with E-state index in [4.69, 9.17) is 4.42 Å². The van der Waals surface area contributed by atoms with Crippen LogP contribution in [0, 0.1) is 0 Å². The van der Waals surface area contributed by atoms with Gasteiger partial charge in [-0.1, -0.05) is 62.4 Å². The largest absolute Gasteiger partial charge is 0.461 e. The van der Waals surface area contributed by atoms with Gasteiger partial charge in [-0.15, -0.1) is 0 Å². The van der Waals surface area contributed by atoms with Crippen LogP contribution in [0.2, 0.25) is 0 Å². The lowest BCUT2D eigenvalue weighted by molar-refractivity contribution is -0.901. The molecular weight excluding hydrogens is 378 g/mol. The van der Waals surface area contributed by atoms with Crippen molar-refractivity contribution in [3.05, 3.63) is 71.5 Å². The molecule has 3 amide bonds. The number of hydrogen-bond acceptors (Lipinski definition) is 3. The Balaban J connectivity index is 1.56. The number of aryl methyl sites for hydroxylation is 1. The van der Waals surface area contributed by atoms with Gasteiger partial charge in [0.05, 0.1) is 12.6 Å². The average molecular weight is 407 g/mol. The van der Waals surface area contributed by atoms with Crippen molar-refractivity contribution >= 4 is 22.9 Å². The van der Waals surface area contributed by atoms with Gasteiger partial charge < -0.3 is 14.6 Å². The summed E-state index contributed by atoms with van der Waals surface area (Å²) in [5.41, 5.74) is 1.85. The van der Waals surface area contributed by atoms with Crippen LogP contribution in [0.15, 0.2) is 59.0 Å². The van der Waals surface area contributed by atoms with Gasteiger partial charge in [0, 0.05) is 11.8 Å². The number of urea groups is 1. The fourth-order valence-corrected chi connectivity index (χ4v) is 4.39. The molecule has 3 aromatic rings. The number of imide groups is 1. The van der Waals surface area contributed by atoms with Gasteiger partial charge >= 0.3 is 6.03 Å². The average Bonchev–Trinajstić information content (AvgIpc) is 3.24. The topological polar surface area (TPSA) is 67.0 Å². The Morgan fingerprint density at radius 3 is 2.43 bits per heavy atom. The minimum Gasteiger partial charge on any atom is -0.461 e. The van der Waals surface area contributed by atoms with Gasteiger partial charge in [0.25, 0.3) is 5.91 Å². The normalized spacial score (nSPS) is 20.0. The molecule has 0 aliphatic carbocycles. The number of benzene rings is 2. The lowest BCUT2D eigenvalue weighted by atomic mass is 9.87. The molecule has 2 N–H and O–H groups in total. The van der Waals surface area contributed by atoms with Crippen LogP contribution in [0.5, 0.6) is 0 Å². The van der Waals surface area contributed by atoms with E-state index in [-0.39, 0.29) is 11.9 Å². The van der Waals surface area contributed by atoms with Crippen LogP contribution in [0.25, 0.3) is 11.0 Å². The zero-order valence-corrected chi connectivity index (χ0v) is 17.7. The highest BCUT2D eigenvalue weighted by Crippen LogP contribution is 2.32. The number of hydrogen-bond donors (Lipinski definition) is 2. The summed E-state index contributed by atoms with van der Waals surface area (Å²) in [7, 11) is 2.00. The summed E-state index contributed by atoms with van der Waals surface area (Å²) in [4.78, 5) is 28.5. The standard InChI is InChI=1S/C24H27N3O3/c1-4-20-19(18-13-9-10-14-21(18)30-20)15-26(3)16-27-22(28)24(5-2,25-23(27)29)17-11-7-6-8-12-17/h6-14H,4-5,15-16H2,1-3H3,(H,25,29)/p+1/t24-/m1/s1. The van der Waals surface area contributed by atoms with Gasteiger partial charge in [-0.25, -0.2) is 9.69 Å². The summed E-state index contributed by atoms with van der Waals surface area (Å²) in [5, 5.41) is 4.05. The Kier molecular flexibility index (Phi) is 5.35. The quantitative estimate of drug-likeness (QED) is 0.593. The number of carbonyl (C=O) groups is 2. The molecule has 1 unspecified atom stereocenters. The third-order valence-corrected chi connectivity index (χ3v) is 5.98. The summed E-state index contributed by atoms with van der Waals surface area (Å²) < 4.78 is 6.00. The summed E-state index contributed by atoms with van der Waals surface area (Å²) in [6.07, 6.45) is 1.30.